The molecule has 2 atom stereocenters. The highest BCUT2D eigenvalue weighted by Gasteiger charge is 2.32. The average Bonchev–Trinajstić information content (AvgIpc) is 2.47. The number of benzene rings is 1. The number of terminal acetylenes is 1. The van der Waals surface area contributed by atoms with Gasteiger partial charge in [0.2, 0.25) is 0 Å². The third-order valence-electron chi connectivity index (χ3n) is 3.91. The number of carboxylic acid groups (broad SMARTS) is 2. The Labute approximate surface area is 123 Å². The lowest BCUT2D eigenvalue weighted by molar-refractivity contribution is 0.0695. The summed E-state index contributed by atoms with van der Waals surface area (Å²) >= 11 is 0. The first kappa shape index (κ1) is 14.9. The molecule has 0 saturated carbocycles. The normalized spacial score (nSPS) is 21.6. The van der Waals surface area contributed by atoms with Gasteiger partial charge in [-0.3, -0.25) is 0 Å². The van der Waals surface area contributed by atoms with E-state index in [1.165, 1.54) is 17.0 Å². The maximum atomic E-state index is 11.4. The highest BCUT2D eigenvalue weighted by molar-refractivity contribution is 5.87. The zero-order valence-corrected chi connectivity index (χ0v) is 11.5. The molecule has 0 spiro atoms. The van der Waals surface area contributed by atoms with Crippen molar-refractivity contribution in [2.45, 2.75) is 25.3 Å². The minimum absolute atomic E-state index is 0.191. The van der Waals surface area contributed by atoms with Crippen molar-refractivity contribution >= 4 is 12.1 Å². The van der Waals surface area contributed by atoms with Gasteiger partial charge in [0.15, 0.2) is 0 Å². The molecular formula is C16H17NO4. The molecule has 1 aromatic rings. The van der Waals surface area contributed by atoms with Crippen LogP contribution >= 0.6 is 0 Å². The maximum Gasteiger partial charge on any atom is 0.407 e. The topological polar surface area (TPSA) is 77.8 Å². The van der Waals surface area contributed by atoms with Crippen molar-refractivity contribution in [2.75, 3.05) is 6.54 Å². The van der Waals surface area contributed by atoms with E-state index in [1.54, 1.807) is 12.1 Å². The molecule has 1 fully saturated rings. The van der Waals surface area contributed by atoms with E-state index in [2.05, 4.69) is 5.92 Å². The molecule has 5 nitrogen and oxygen atoms in total. The highest BCUT2D eigenvalue weighted by Crippen LogP contribution is 2.35. The lowest BCUT2D eigenvalue weighted by Gasteiger charge is -2.37. The number of nitrogens with zero attached hydrogens (tertiary/aromatic N) is 1. The van der Waals surface area contributed by atoms with Crippen LogP contribution in [0.15, 0.2) is 24.3 Å². The molecule has 1 aliphatic rings. The predicted octanol–water partition coefficient (Wildman–Crippen LogP) is 2.84. The molecule has 0 radical (unpaired) electrons. The van der Waals surface area contributed by atoms with Gasteiger partial charge in [0, 0.05) is 13.0 Å². The summed E-state index contributed by atoms with van der Waals surface area (Å²) < 4.78 is 0. The van der Waals surface area contributed by atoms with Crippen molar-refractivity contribution in [1.82, 2.24) is 4.90 Å². The van der Waals surface area contributed by atoms with E-state index < -0.39 is 12.1 Å². The van der Waals surface area contributed by atoms with E-state index in [4.69, 9.17) is 11.5 Å². The smallest absolute Gasteiger partial charge is 0.407 e. The molecular weight excluding hydrogens is 270 g/mol. The van der Waals surface area contributed by atoms with Crippen LogP contribution in [0.4, 0.5) is 4.79 Å². The fraction of sp³-hybridized carbons (Fsp3) is 0.375. The molecule has 110 valence electrons. The van der Waals surface area contributed by atoms with E-state index in [-0.39, 0.29) is 11.6 Å². The summed E-state index contributed by atoms with van der Waals surface area (Å²) in [5, 5.41) is 18.2. The minimum atomic E-state index is -0.995. The summed E-state index contributed by atoms with van der Waals surface area (Å²) in [5.41, 5.74) is 1.00. The molecule has 2 rings (SSSR count). The van der Waals surface area contributed by atoms with Gasteiger partial charge < -0.3 is 15.1 Å². The van der Waals surface area contributed by atoms with Crippen molar-refractivity contribution in [3.63, 3.8) is 0 Å². The zero-order valence-electron chi connectivity index (χ0n) is 11.5. The molecule has 0 bridgehead atoms. The Morgan fingerprint density at radius 2 is 1.95 bits per heavy atom. The van der Waals surface area contributed by atoms with Crippen LogP contribution in [0.2, 0.25) is 0 Å². The number of carboxylic acids is 1. The molecule has 2 unspecified atom stereocenters. The number of hydrogen-bond acceptors (Lipinski definition) is 2. The van der Waals surface area contributed by atoms with Crippen molar-refractivity contribution in [1.29, 1.82) is 0 Å². The van der Waals surface area contributed by atoms with Crippen molar-refractivity contribution < 1.29 is 19.8 Å². The largest absolute Gasteiger partial charge is 0.478 e. The quantitative estimate of drug-likeness (QED) is 0.838. The number of rotatable bonds is 3. The van der Waals surface area contributed by atoms with Gasteiger partial charge in [0.25, 0.3) is 0 Å². The Morgan fingerprint density at radius 1 is 1.29 bits per heavy atom. The Kier molecular flexibility index (Phi) is 4.49. The van der Waals surface area contributed by atoms with Gasteiger partial charge in [0.05, 0.1) is 11.6 Å². The molecule has 1 heterocycles. The maximum absolute atomic E-state index is 11.4. The summed E-state index contributed by atoms with van der Waals surface area (Å²) in [6.45, 7) is 0.451. The Morgan fingerprint density at radius 3 is 2.48 bits per heavy atom. The third kappa shape index (κ3) is 3.34. The van der Waals surface area contributed by atoms with Crippen LogP contribution in [0.1, 0.15) is 41.2 Å². The second-order valence-corrected chi connectivity index (χ2v) is 5.22. The van der Waals surface area contributed by atoms with E-state index in [9.17, 15) is 14.7 Å². The number of aromatic carboxylic acids is 1. The molecule has 21 heavy (non-hydrogen) atoms. The van der Waals surface area contributed by atoms with Gasteiger partial charge in [-0.15, -0.1) is 12.3 Å². The van der Waals surface area contributed by atoms with Crippen LogP contribution in [0.25, 0.3) is 0 Å². The molecule has 1 amide bonds. The van der Waals surface area contributed by atoms with Crippen molar-refractivity contribution in [3.8, 4) is 12.3 Å². The van der Waals surface area contributed by atoms with Crippen LogP contribution in [-0.4, -0.2) is 33.7 Å². The number of hydrogen-bond donors (Lipinski definition) is 2. The molecule has 0 aliphatic carbocycles. The summed E-state index contributed by atoms with van der Waals surface area (Å²) in [7, 11) is 0. The number of carbonyl (C=O) groups is 2. The first-order valence-corrected chi connectivity index (χ1v) is 6.79. The fourth-order valence-electron chi connectivity index (χ4n) is 2.78. The fourth-order valence-corrected chi connectivity index (χ4v) is 2.78. The van der Waals surface area contributed by atoms with Crippen LogP contribution in [0.3, 0.4) is 0 Å². The van der Waals surface area contributed by atoms with E-state index >= 15 is 0 Å². The van der Waals surface area contributed by atoms with Gasteiger partial charge in [0.1, 0.15) is 0 Å². The lowest BCUT2D eigenvalue weighted by Crippen LogP contribution is -2.40. The van der Waals surface area contributed by atoms with Gasteiger partial charge in [-0.25, -0.2) is 9.59 Å². The van der Waals surface area contributed by atoms with Gasteiger partial charge in [-0.2, -0.15) is 0 Å². The summed E-state index contributed by atoms with van der Waals surface area (Å²) in [5.74, 6) is 1.94. The first-order valence-electron chi connectivity index (χ1n) is 6.79. The second-order valence-electron chi connectivity index (χ2n) is 5.22. The molecule has 2 N–H and O–H groups in total. The molecule has 1 saturated heterocycles. The van der Waals surface area contributed by atoms with Crippen LogP contribution in [0.5, 0.6) is 0 Å². The van der Waals surface area contributed by atoms with E-state index in [0.29, 0.717) is 25.3 Å². The van der Waals surface area contributed by atoms with Gasteiger partial charge >= 0.3 is 12.1 Å². The van der Waals surface area contributed by atoms with Crippen molar-refractivity contribution in [3.05, 3.63) is 35.4 Å². The summed E-state index contributed by atoms with van der Waals surface area (Å²) in [6.07, 6.45) is 6.46. The van der Waals surface area contributed by atoms with Crippen LogP contribution in [0, 0.1) is 18.3 Å². The average molecular weight is 287 g/mol. The standard InChI is InChI=1S/C16H17NO4/c1-2-3-11-8-9-17(16(20)21)14(10-11)12-4-6-13(7-5-12)15(18)19/h1,4-7,11,14H,3,8-10H2,(H,18,19)(H,20,21). The number of amides is 1. The van der Waals surface area contributed by atoms with Gasteiger partial charge in [-0.1, -0.05) is 12.1 Å². The van der Waals surface area contributed by atoms with Crippen LogP contribution < -0.4 is 0 Å². The molecule has 1 aromatic carbocycles. The van der Waals surface area contributed by atoms with Crippen molar-refractivity contribution in [2.24, 2.45) is 5.92 Å². The second kappa shape index (κ2) is 6.31. The monoisotopic (exact) mass is 287 g/mol. The zero-order chi connectivity index (χ0) is 15.4. The molecule has 0 aromatic heterocycles. The summed E-state index contributed by atoms with van der Waals surface area (Å²) in [6, 6.07) is 6.10. The number of likely N-dealkylation sites (tertiary alicyclic amines) is 1. The Balaban J connectivity index is 2.24. The Bertz CT molecular complexity index is 573. The molecule has 5 heteroatoms. The minimum Gasteiger partial charge on any atom is -0.478 e. The highest BCUT2D eigenvalue weighted by atomic mass is 16.4. The third-order valence-corrected chi connectivity index (χ3v) is 3.91. The molecule has 1 aliphatic heterocycles. The SMILES string of the molecule is C#CCC1CCN(C(=O)O)C(c2ccc(C(=O)O)cc2)C1. The van der Waals surface area contributed by atoms with E-state index in [0.717, 1.165) is 12.0 Å². The predicted molar refractivity (Wildman–Crippen MR) is 77.0 cm³/mol. The Hall–Kier alpha value is -2.48. The van der Waals surface area contributed by atoms with E-state index in [1.807, 2.05) is 0 Å². The lowest BCUT2D eigenvalue weighted by atomic mass is 9.85. The van der Waals surface area contributed by atoms with Crippen LogP contribution in [-0.2, 0) is 0 Å². The summed E-state index contributed by atoms with van der Waals surface area (Å²) in [4.78, 5) is 23.6. The van der Waals surface area contributed by atoms with Gasteiger partial charge in [-0.05, 0) is 36.5 Å². The number of piperidine rings is 1. The first-order chi connectivity index (χ1) is 10.0.